The average Bonchev–Trinajstić information content (AvgIpc) is 3.39. The number of halogens is 2. The van der Waals surface area contributed by atoms with Crippen molar-refractivity contribution >= 4 is 44.7 Å². The molecule has 1 saturated heterocycles. The van der Waals surface area contributed by atoms with Crippen LogP contribution in [0.2, 0.25) is 5.02 Å². The van der Waals surface area contributed by atoms with Crippen LogP contribution in [0.25, 0.3) is 15.9 Å². The van der Waals surface area contributed by atoms with Gasteiger partial charge in [-0.3, -0.25) is 4.79 Å². The Bertz CT molecular complexity index is 1340. The Kier molecular flexibility index (Phi) is 5.72. The molecule has 0 radical (unpaired) electrons. The molecule has 2 aromatic carbocycles. The Morgan fingerprint density at radius 2 is 1.88 bits per heavy atom. The van der Waals surface area contributed by atoms with Gasteiger partial charge in [0.1, 0.15) is 4.83 Å². The van der Waals surface area contributed by atoms with Gasteiger partial charge in [-0.05, 0) is 43.3 Å². The lowest BCUT2D eigenvalue weighted by molar-refractivity contribution is 0.0751. The van der Waals surface area contributed by atoms with Crippen molar-refractivity contribution in [3.05, 3.63) is 69.9 Å². The van der Waals surface area contributed by atoms with Crippen molar-refractivity contribution in [2.45, 2.75) is 6.92 Å². The second kappa shape index (κ2) is 8.68. The van der Waals surface area contributed by atoms with Crippen LogP contribution in [0.3, 0.4) is 0 Å². The molecule has 1 fully saturated rings. The Morgan fingerprint density at radius 3 is 2.58 bits per heavy atom. The fraction of sp³-hybridized carbons (Fsp3) is 0.250. The number of piperazine rings is 1. The topological polar surface area (TPSA) is 50.6 Å². The predicted molar refractivity (Wildman–Crippen MR) is 130 cm³/mol. The molecule has 170 valence electrons. The van der Waals surface area contributed by atoms with E-state index in [1.807, 2.05) is 52.9 Å². The highest BCUT2D eigenvalue weighted by molar-refractivity contribution is 7.20. The number of carbonyl (C=O) groups excluding carboxylic acids is 1. The Hall–Kier alpha value is -3.10. The van der Waals surface area contributed by atoms with Gasteiger partial charge >= 0.3 is 0 Å². The molecule has 6 nitrogen and oxygen atoms in total. The van der Waals surface area contributed by atoms with Crippen molar-refractivity contribution in [3.8, 4) is 11.4 Å². The van der Waals surface area contributed by atoms with Gasteiger partial charge in [0.2, 0.25) is 0 Å². The lowest BCUT2D eigenvalue weighted by Crippen LogP contribution is -2.48. The SMILES string of the molecule is COc1ccc(N2CCN(C(=O)c3cc4c(C)nn(-c5cccc(Cl)c5)c4s3)CC2)cc1F. The van der Waals surface area contributed by atoms with Gasteiger partial charge in [0.15, 0.2) is 11.6 Å². The van der Waals surface area contributed by atoms with Gasteiger partial charge in [-0.2, -0.15) is 5.10 Å². The summed E-state index contributed by atoms with van der Waals surface area (Å²) in [6, 6.07) is 14.4. The zero-order valence-corrected chi connectivity index (χ0v) is 19.8. The quantitative estimate of drug-likeness (QED) is 0.401. The molecule has 0 unspecified atom stereocenters. The third-order valence-corrected chi connectivity index (χ3v) is 7.21. The van der Waals surface area contributed by atoms with Crippen LogP contribution in [-0.2, 0) is 0 Å². The number of aromatic nitrogens is 2. The number of fused-ring (bicyclic) bond motifs is 1. The number of thiophene rings is 1. The highest BCUT2D eigenvalue weighted by atomic mass is 35.5. The normalized spacial score (nSPS) is 14.2. The number of methoxy groups -OCH3 is 1. The molecular weight excluding hydrogens is 463 g/mol. The van der Waals surface area contributed by atoms with E-state index >= 15 is 0 Å². The third kappa shape index (κ3) is 4.05. The summed E-state index contributed by atoms with van der Waals surface area (Å²) in [5.41, 5.74) is 2.52. The highest BCUT2D eigenvalue weighted by Gasteiger charge is 2.25. The summed E-state index contributed by atoms with van der Waals surface area (Å²) in [6.45, 7) is 4.35. The van der Waals surface area contributed by atoms with Crippen LogP contribution in [0.4, 0.5) is 10.1 Å². The summed E-state index contributed by atoms with van der Waals surface area (Å²) >= 11 is 7.60. The lowest BCUT2D eigenvalue weighted by atomic mass is 10.2. The van der Waals surface area contributed by atoms with E-state index in [0.717, 1.165) is 27.3 Å². The zero-order valence-electron chi connectivity index (χ0n) is 18.2. The first-order valence-electron chi connectivity index (χ1n) is 10.6. The van der Waals surface area contributed by atoms with Gasteiger partial charge in [0.25, 0.3) is 5.91 Å². The maximum Gasteiger partial charge on any atom is 0.264 e. The maximum absolute atomic E-state index is 14.1. The van der Waals surface area contributed by atoms with E-state index in [4.69, 9.17) is 16.3 Å². The molecule has 3 heterocycles. The molecule has 0 aliphatic carbocycles. The van der Waals surface area contributed by atoms with Crippen molar-refractivity contribution in [2.75, 3.05) is 38.2 Å². The number of carbonyl (C=O) groups is 1. The van der Waals surface area contributed by atoms with Gasteiger partial charge in [-0.1, -0.05) is 17.7 Å². The number of hydrogen-bond donors (Lipinski definition) is 0. The van der Waals surface area contributed by atoms with E-state index in [2.05, 4.69) is 10.00 Å². The fourth-order valence-electron chi connectivity index (χ4n) is 4.11. The number of anilines is 1. The molecule has 0 N–H and O–H groups in total. The second-order valence-electron chi connectivity index (χ2n) is 7.90. The largest absolute Gasteiger partial charge is 0.494 e. The standard InChI is InChI=1S/C24H22ClFN4O2S/c1-15-19-14-22(33-24(19)30(27-15)18-5-3-4-16(25)12-18)23(31)29-10-8-28(9-11-29)17-6-7-21(32-2)20(26)13-17/h3-7,12-14H,8-11H2,1-2H3. The summed E-state index contributed by atoms with van der Waals surface area (Å²) in [5.74, 6) is -0.152. The van der Waals surface area contributed by atoms with Crippen molar-refractivity contribution in [1.82, 2.24) is 14.7 Å². The number of ether oxygens (including phenoxy) is 1. The van der Waals surface area contributed by atoms with E-state index in [1.54, 1.807) is 6.07 Å². The molecule has 1 aliphatic heterocycles. The smallest absolute Gasteiger partial charge is 0.264 e. The average molecular weight is 485 g/mol. The van der Waals surface area contributed by atoms with Crippen LogP contribution in [0.1, 0.15) is 15.4 Å². The van der Waals surface area contributed by atoms with Crippen LogP contribution < -0.4 is 9.64 Å². The van der Waals surface area contributed by atoms with E-state index in [9.17, 15) is 9.18 Å². The Labute approximate surface area is 199 Å². The Morgan fingerprint density at radius 1 is 1.09 bits per heavy atom. The van der Waals surface area contributed by atoms with Gasteiger partial charge in [0.05, 0.1) is 23.4 Å². The molecular formula is C24H22ClFN4O2S. The van der Waals surface area contributed by atoms with Gasteiger partial charge in [0, 0.05) is 48.3 Å². The molecule has 2 aromatic heterocycles. The molecule has 9 heteroatoms. The molecule has 0 spiro atoms. The molecule has 0 bridgehead atoms. The summed E-state index contributed by atoms with van der Waals surface area (Å²) in [5, 5.41) is 6.24. The minimum Gasteiger partial charge on any atom is -0.494 e. The number of nitrogens with zero attached hydrogens (tertiary/aromatic N) is 4. The number of amides is 1. The minimum absolute atomic E-state index is 0.00815. The molecule has 4 aromatic rings. The number of aryl methyl sites for hydroxylation is 1. The summed E-state index contributed by atoms with van der Waals surface area (Å²) < 4.78 is 20.9. The fourth-order valence-corrected chi connectivity index (χ4v) is 5.45. The Balaban J connectivity index is 1.34. The first-order valence-corrected chi connectivity index (χ1v) is 11.8. The van der Waals surface area contributed by atoms with Crippen LogP contribution >= 0.6 is 22.9 Å². The van der Waals surface area contributed by atoms with E-state index in [0.29, 0.717) is 36.1 Å². The predicted octanol–water partition coefficient (Wildman–Crippen LogP) is 5.16. The number of benzene rings is 2. The summed E-state index contributed by atoms with van der Waals surface area (Å²) in [6.07, 6.45) is 0. The van der Waals surface area contributed by atoms with Crippen LogP contribution in [-0.4, -0.2) is 53.9 Å². The first-order chi connectivity index (χ1) is 15.9. The molecule has 1 amide bonds. The summed E-state index contributed by atoms with van der Waals surface area (Å²) in [4.78, 5) is 18.8. The molecule has 33 heavy (non-hydrogen) atoms. The second-order valence-corrected chi connectivity index (χ2v) is 9.37. The minimum atomic E-state index is -0.386. The zero-order chi connectivity index (χ0) is 23.1. The summed E-state index contributed by atoms with van der Waals surface area (Å²) in [7, 11) is 1.45. The molecule has 1 aliphatic rings. The van der Waals surface area contributed by atoms with Crippen molar-refractivity contribution in [2.24, 2.45) is 0 Å². The van der Waals surface area contributed by atoms with E-state index in [1.165, 1.54) is 24.5 Å². The molecule has 0 atom stereocenters. The van der Waals surface area contributed by atoms with Gasteiger partial charge in [-0.25, -0.2) is 9.07 Å². The van der Waals surface area contributed by atoms with Gasteiger partial charge in [-0.15, -0.1) is 11.3 Å². The van der Waals surface area contributed by atoms with E-state index < -0.39 is 0 Å². The van der Waals surface area contributed by atoms with Gasteiger partial charge < -0.3 is 14.5 Å². The third-order valence-electron chi connectivity index (χ3n) is 5.88. The number of hydrogen-bond acceptors (Lipinski definition) is 5. The van der Waals surface area contributed by atoms with Crippen molar-refractivity contribution < 1.29 is 13.9 Å². The maximum atomic E-state index is 14.1. The monoisotopic (exact) mass is 484 g/mol. The van der Waals surface area contributed by atoms with Crippen LogP contribution in [0.5, 0.6) is 5.75 Å². The van der Waals surface area contributed by atoms with Crippen LogP contribution in [0.15, 0.2) is 48.5 Å². The molecule has 5 rings (SSSR count). The van der Waals surface area contributed by atoms with E-state index in [-0.39, 0.29) is 17.5 Å². The highest BCUT2D eigenvalue weighted by Crippen LogP contribution is 2.32. The first kappa shape index (κ1) is 21.7. The van der Waals surface area contributed by atoms with Crippen molar-refractivity contribution in [1.29, 1.82) is 0 Å². The number of rotatable bonds is 4. The molecule has 0 saturated carbocycles. The van der Waals surface area contributed by atoms with Crippen molar-refractivity contribution in [3.63, 3.8) is 0 Å². The van der Waals surface area contributed by atoms with Crippen LogP contribution in [0, 0.1) is 12.7 Å². The lowest BCUT2D eigenvalue weighted by Gasteiger charge is -2.36.